The zero-order valence-corrected chi connectivity index (χ0v) is 1.52. The molecular formula is H7CaNO2. The molecule has 0 bridgehead atoms. The maximum atomic E-state index is 6.50. The first kappa shape index (κ1) is 19.2. The molecule has 4 heteroatoms. The Morgan fingerprint density at radius 3 is 1.25 bits per heavy atom. The van der Waals surface area contributed by atoms with E-state index in [1.165, 1.54) is 0 Å². The molecule has 0 saturated heterocycles. The normalized spacial score (nSPS) is 1.50. The van der Waals surface area contributed by atoms with E-state index in [0.29, 0.717) is 0 Å². The molecule has 4 heavy (non-hydrogen) atoms. The van der Waals surface area contributed by atoms with Gasteiger partial charge in [0.1, 0.15) is 0 Å². The van der Waals surface area contributed by atoms with Crippen LogP contribution in [-0.2, 0) is 0 Å². The molecule has 0 unspecified atom stereocenters. The standard InChI is InChI=1S/Ca.H3NO.H2O.2H/c;1-2;;;/h;2H,1H2;1H2;;. The van der Waals surface area contributed by atoms with Gasteiger partial charge in [0.2, 0.25) is 0 Å². The second-order valence-electron chi connectivity index (χ2n) is 0. The second kappa shape index (κ2) is 31.4. The van der Waals surface area contributed by atoms with E-state index in [0.717, 1.165) is 0 Å². The van der Waals surface area contributed by atoms with Crippen LogP contribution in [0.1, 0.15) is 0 Å². The molecule has 0 atom stereocenters. The molecular weight excluding hydrogens is 86.1 g/mol. The average Bonchev–Trinajstić information content (AvgIpc) is 1.00. The molecule has 26 valence electrons. The van der Waals surface area contributed by atoms with Gasteiger partial charge in [0, 0.05) is 0 Å². The Morgan fingerprint density at radius 2 is 1.25 bits per heavy atom. The van der Waals surface area contributed by atoms with Crippen LogP contribution >= 0.6 is 0 Å². The summed E-state index contributed by atoms with van der Waals surface area (Å²) in [7, 11) is 0. The Kier molecular flexibility index (Phi) is 151. The van der Waals surface area contributed by atoms with Crippen molar-refractivity contribution in [3.63, 3.8) is 0 Å². The van der Waals surface area contributed by atoms with E-state index < -0.39 is 0 Å². The quantitative estimate of drug-likeness (QED) is 0.258. The van der Waals surface area contributed by atoms with Crippen LogP contribution in [0.2, 0.25) is 0 Å². The Hall–Kier alpha value is 1.14. The van der Waals surface area contributed by atoms with Crippen LogP contribution in [0.15, 0.2) is 0 Å². The summed E-state index contributed by atoms with van der Waals surface area (Å²) in [5.41, 5.74) is 0. The first-order valence-electron chi connectivity index (χ1n) is 0.258. The van der Waals surface area contributed by atoms with Crippen molar-refractivity contribution in [3.8, 4) is 0 Å². The van der Waals surface area contributed by atoms with Crippen molar-refractivity contribution in [2.75, 3.05) is 0 Å². The van der Waals surface area contributed by atoms with E-state index in [1.54, 1.807) is 0 Å². The van der Waals surface area contributed by atoms with Crippen LogP contribution in [0.3, 0.4) is 0 Å². The summed E-state index contributed by atoms with van der Waals surface area (Å²) in [4.78, 5) is 0. The van der Waals surface area contributed by atoms with Crippen molar-refractivity contribution in [1.82, 2.24) is 0 Å². The van der Waals surface area contributed by atoms with Gasteiger partial charge in [-0.25, -0.2) is 5.90 Å². The molecule has 0 aromatic heterocycles. The summed E-state index contributed by atoms with van der Waals surface area (Å²) >= 11 is 0. The van der Waals surface area contributed by atoms with Gasteiger partial charge in [0.05, 0.1) is 0 Å². The van der Waals surface area contributed by atoms with Crippen molar-refractivity contribution in [3.05, 3.63) is 0 Å². The Balaban J connectivity index is -0.00000000500. The van der Waals surface area contributed by atoms with Crippen molar-refractivity contribution in [2.45, 2.75) is 0 Å². The van der Waals surface area contributed by atoms with Gasteiger partial charge in [-0.05, 0) is 0 Å². The summed E-state index contributed by atoms with van der Waals surface area (Å²) in [5, 5.41) is 6.50. The molecule has 0 saturated carbocycles. The molecule has 0 aromatic carbocycles. The first-order chi connectivity index (χ1) is 1.00. The third-order valence-electron chi connectivity index (χ3n) is 0. The average molecular weight is 93.1 g/mol. The molecule has 5 N–H and O–H groups in total. The number of hydrogen-bond donors (Lipinski definition) is 2. The van der Waals surface area contributed by atoms with E-state index in [1.807, 2.05) is 0 Å². The van der Waals surface area contributed by atoms with Crippen molar-refractivity contribution in [1.29, 1.82) is 0 Å². The van der Waals surface area contributed by atoms with Crippen LogP contribution in [0.5, 0.6) is 0 Å². The molecule has 3 nitrogen and oxygen atoms in total. The third kappa shape index (κ3) is 11.1. The van der Waals surface area contributed by atoms with Crippen LogP contribution in [-0.4, -0.2) is 48.4 Å². The zero-order chi connectivity index (χ0) is 2.00. The van der Waals surface area contributed by atoms with Gasteiger partial charge in [0.15, 0.2) is 0 Å². The van der Waals surface area contributed by atoms with Crippen molar-refractivity contribution < 1.29 is 10.7 Å². The number of nitrogens with two attached hydrogens (primary N) is 1. The van der Waals surface area contributed by atoms with Gasteiger partial charge in [-0.15, -0.1) is 0 Å². The maximum absolute atomic E-state index is 6.50. The minimum atomic E-state index is 0. The molecule has 0 aliphatic carbocycles. The van der Waals surface area contributed by atoms with E-state index in [2.05, 4.69) is 5.90 Å². The van der Waals surface area contributed by atoms with E-state index in [9.17, 15) is 0 Å². The monoisotopic (exact) mass is 93.0 g/mol. The van der Waals surface area contributed by atoms with Crippen LogP contribution in [0.4, 0.5) is 0 Å². The molecule has 0 radical (unpaired) electrons. The molecule has 0 rings (SSSR count). The SMILES string of the molecule is NO.O.[CaH2]. The second-order valence-corrected chi connectivity index (χ2v) is 0. The van der Waals surface area contributed by atoms with Gasteiger partial charge < -0.3 is 10.7 Å². The molecule has 0 aliphatic rings. The van der Waals surface area contributed by atoms with Crippen molar-refractivity contribution in [2.24, 2.45) is 5.90 Å². The fourth-order valence-electron chi connectivity index (χ4n) is 0. The van der Waals surface area contributed by atoms with Gasteiger partial charge in [-0.1, -0.05) is 0 Å². The fraction of sp³-hybridized carbons (Fsp3) is 0. The van der Waals surface area contributed by atoms with E-state index in [-0.39, 0.29) is 43.2 Å². The molecule has 0 fully saturated rings. The van der Waals surface area contributed by atoms with E-state index >= 15 is 0 Å². The van der Waals surface area contributed by atoms with E-state index in [4.69, 9.17) is 5.21 Å². The summed E-state index contributed by atoms with van der Waals surface area (Å²) in [6, 6.07) is 0. The minimum absolute atomic E-state index is 0. The predicted octanol–water partition coefficient (Wildman–Crippen LogP) is -2.41. The Bertz CT molecular complexity index is 6.00. The summed E-state index contributed by atoms with van der Waals surface area (Å²) in [5.74, 6) is 3.50. The Labute approximate surface area is 54.1 Å². The van der Waals surface area contributed by atoms with Crippen LogP contribution < -0.4 is 5.90 Å². The fourth-order valence-corrected chi connectivity index (χ4v) is 0. The zero-order valence-electron chi connectivity index (χ0n) is 1.52. The topological polar surface area (TPSA) is 77.8 Å². The molecule has 0 aliphatic heterocycles. The molecule has 0 spiro atoms. The number of hydrogen-bond acceptors (Lipinski definition) is 2. The van der Waals surface area contributed by atoms with Gasteiger partial charge >= 0.3 is 37.7 Å². The Morgan fingerprint density at radius 1 is 1.25 bits per heavy atom. The first-order valence-corrected chi connectivity index (χ1v) is 0.258. The molecule has 0 amide bonds. The van der Waals surface area contributed by atoms with Crippen LogP contribution in [0, 0.1) is 0 Å². The third-order valence-corrected chi connectivity index (χ3v) is 0. The van der Waals surface area contributed by atoms with Crippen LogP contribution in [0.25, 0.3) is 0 Å². The van der Waals surface area contributed by atoms with Gasteiger partial charge in [-0.2, -0.15) is 0 Å². The number of rotatable bonds is 0. The van der Waals surface area contributed by atoms with Gasteiger partial charge in [0.25, 0.3) is 0 Å². The van der Waals surface area contributed by atoms with Crippen molar-refractivity contribution >= 4 is 37.7 Å². The summed E-state index contributed by atoms with van der Waals surface area (Å²) in [6.45, 7) is 0. The molecule has 0 aromatic rings. The summed E-state index contributed by atoms with van der Waals surface area (Å²) in [6.07, 6.45) is 0. The summed E-state index contributed by atoms with van der Waals surface area (Å²) < 4.78 is 0. The van der Waals surface area contributed by atoms with Gasteiger partial charge in [-0.3, -0.25) is 0 Å². The predicted molar refractivity (Wildman–Crippen MR) is 18.1 cm³/mol. The molecule has 0 heterocycles.